The Hall–Kier alpha value is -0.770. The van der Waals surface area contributed by atoms with E-state index in [0.717, 1.165) is 17.9 Å². The van der Waals surface area contributed by atoms with Gasteiger partial charge >= 0.3 is 5.76 Å². The van der Waals surface area contributed by atoms with Crippen molar-refractivity contribution in [3.05, 3.63) is 24.0 Å². The van der Waals surface area contributed by atoms with Crippen LogP contribution < -0.4 is 28.5 Å². The van der Waals surface area contributed by atoms with Gasteiger partial charge in [0.25, 0.3) is 5.82 Å². The number of aryl methyl sites for hydroxylation is 2. The summed E-state index contributed by atoms with van der Waals surface area (Å²) in [7, 11) is -4.56. The molecule has 0 N–H and O–H groups in total. The first-order valence-electron chi connectivity index (χ1n) is 6.39. The Balaban J connectivity index is 0.00000220. The molecule has 0 atom stereocenters. The normalized spacial score (nSPS) is 11.9. The third-order valence-electron chi connectivity index (χ3n) is 3.51. The van der Waals surface area contributed by atoms with Crippen molar-refractivity contribution in [2.45, 2.75) is 44.5 Å². The van der Waals surface area contributed by atoms with E-state index in [0.29, 0.717) is 12.1 Å². The second-order valence-corrected chi connectivity index (χ2v) is 6.41. The molecule has 118 valence electrons. The lowest BCUT2D eigenvalue weighted by atomic mass is 10.3. The monoisotopic (exact) mass is 430 g/mol. The first-order valence-corrected chi connectivity index (χ1v) is 7.94. The molecule has 0 saturated carbocycles. The second-order valence-electron chi connectivity index (χ2n) is 4.49. The third kappa shape index (κ3) is 2.92. The van der Waals surface area contributed by atoms with Gasteiger partial charge in [-0.2, -0.15) is 8.78 Å². The van der Waals surface area contributed by atoms with Gasteiger partial charge in [0.1, 0.15) is 0 Å². The molecule has 21 heavy (non-hydrogen) atoms. The Kier molecular flexibility index (Phi) is 5.70. The van der Waals surface area contributed by atoms with Crippen LogP contribution in [0.3, 0.4) is 0 Å². The molecule has 4 nitrogen and oxygen atoms in total. The topological polar surface area (TPSA) is 43.0 Å². The summed E-state index contributed by atoms with van der Waals surface area (Å²) in [5.41, 5.74) is 1.51. The van der Waals surface area contributed by atoms with Gasteiger partial charge in [0.2, 0.25) is 9.84 Å². The van der Waals surface area contributed by atoms with Crippen LogP contribution >= 0.6 is 0 Å². The van der Waals surface area contributed by atoms with Gasteiger partial charge in [-0.25, -0.2) is 17.6 Å². The largest absolute Gasteiger partial charge is 1.00 e. The number of fused-ring (bicyclic) bond motifs is 1. The maximum absolute atomic E-state index is 12.6. The highest BCUT2D eigenvalue weighted by molar-refractivity contribution is 7.91. The molecule has 0 unspecified atom stereocenters. The maximum atomic E-state index is 12.6. The minimum absolute atomic E-state index is 0. The molecule has 2 aromatic rings. The van der Waals surface area contributed by atoms with Gasteiger partial charge in [-0.3, -0.25) is 0 Å². The molecule has 1 aromatic heterocycles. The van der Waals surface area contributed by atoms with Crippen LogP contribution in [-0.4, -0.2) is 18.7 Å². The zero-order chi connectivity index (χ0) is 15.1. The summed E-state index contributed by atoms with van der Waals surface area (Å²) in [4.78, 5) is -0.338. The predicted octanol–water partition coefficient (Wildman–Crippen LogP) is -0.723. The van der Waals surface area contributed by atoms with Gasteiger partial charge in [-0.05, 0) is 26.0 Å². The number of hydrogen-bond donors (Lipinski definition) is 0. The number of rotatable bonds is 4. The smallest absolute Gasteiger partial charge is 0.341 e. The molecule has 0 spiro atoms. The van der Waals surface area contributed by atoms with E-state index in [1.165, 1.54) is 12.1 Å². The first-order chi connectivity index (χ1) is 9.34. The molecule has 0 aliphatic heterocycles. The van der Waals surface area contributed by atoms with E-state index in [4.69, 9.17) is 0 Å². The van der Waals surface area contributed by atoms with Crippen molar-refractivity contribution in [3.8, 4) is 0 Å². The van der Waals surface area contributed by atoms with Crippen LogP contribution in [0.15, 0.2) is 23.1 Å². The Morgan fingerprint density at radius 1 is 1.29 bits per heavy atom. The molecule has 2 rings (SSSR count). The average Bonchev–Trinajstić information content (AvgIpc) is 2.68. The number of sulfone groups is 1. The summed E-state index contributed by atoms with van der Waals surface area (Å²) in [5.74, 6) is -2.43. The summed E-state index contributed by atoms with van der Waals surface area (Å²) < 4.78 is 52.3. The number of benzene rings is 1. The lowest BCUT2D eigenvalue weighted by Gasteiger charge is -2.02. The van der Waals surface area contributed by atoms with Crippen molar-refractivity contribution >= 4 is 20.9 Å². The van der Waals surface area contributed by atoms with Crippen molar-refractivity contribution in [1.82, 2.24) is 4.57 Å². The zero-order valence-corrected chi connectivity index (χ0v) is 15.0. The van der Waals surface area contributed by atoms with Gasteiger partial charge < -0.3 is 24.0 Å². The fourth-order valence-electron chi connectivity index (χ4n) is 2.52. The van der Waals surface area contributed by atoms with Crippen molar-refractivity contribution in [1.29, 1.82) is 0 Å². The number of nitrogens with zero attached hydrogens (tertiary/aromatic N) is 2. The molecule has 0 amide bonds. The minimum atomic E-state index is -4.56. The van der Waals surface area contributed by atoms with Gasteiger partial charge in [0.15, 0.2) is 11.0 Å². The quantitative estimate of drug-likeness (QED) is 0.475. The Morgan fingerprint density at radius 2 is 1.90 bits per heavy atom. The van der Waals surface area contributed by atoms with Crippen LogP contribution in [0.1, 0.15) is 19.7 Å². The molecule has 0 fully saturated rings. The van der Waals surface area contributed by atoms with E-state index in [2.05, 4.69) is 0 Å². The summed E-state index contributed by atoms with van der Waals surface area (Å²) in [6.07, 6.45) is 0. The summed E-state index contributed by atoms with van der Waals surface area (Å²) in [6.45, 7) is 7.22. The average molecular weight is 430 g/mol. The minimum Gasteiger partial charge on any atom is -1.00 e. The highest BCUT2D eigenvalue weighted by Gasteiger charge is 2.29. The van der Waals surface area contributed by atoms with E-state index < -0.39 is 15.6 Å². The zero-order valence-electron chi connectivity index (χ0n) is 12.0. The lowest BCUT2D eigenvalue weighted by Crippen LogP contribution is -3.00. The van der Waals surface area contributed by atoms with E-state index in [1.54, 1.807) is 6.07 Å². The molecular formula is C13H17F2IN2O2S. The highest BCUT2D eigenvalue weighted by Crippen LogP contribution is 2.23. The second kappa shape index (κ2) is 6.55. The fraction of sp³-hybridized carbons (Fsp3) is 0.462. The SMILES string of the molecule is CCn1c(C)[n+](CC)c2ccc(S(=O)(=O)C(F)F)cc21.[I-]. The van der Waals surface area contributed by atoms with E-state index in [9.17, 15) is 17.2 Å². The Labute approximate surface area is 139 Å². The van der Waals surface area contributed by atoms with Gasteiger partial charge in [-0.1, -0.05) is 0 Å². The molecular weight excluding hydrogens is 413 g/mol. The van der Waals surface area contributed by atoms with Crippen molar-refractivity contribution in [3.63, 3.8) is 0 Å². The Morgan fingerprint density at radius 3 is 2.38 bits per heavy atom. The van der Waals surface area contributed by atoms with Crippen LogP contribution in [0.4, 0.5) is 8.78 Å². The van der Waals surface area contributed by atoms with Crippen molar-refractivity contribution in [2.75, 3.05) is 0 Å². The number of halogens is 3. The summed E-state index contributed by atoms with van der Waals surface area (Å²) in [5, 5.41) is 0. The van der Waals surface area contributed by atoms with Gasteiger partial charge in [-0.15, -0.1) is 0 Å². The van der Waals surface area contributed by atoms with E-state index >= 15 is 0 Å². The molecule has 8 heteroatoms. The Bertz CT molecular complexity index is 757. The first kappa shape index (κ1) is 18.3. The third-order valence-corrected chi connectivity index (χ3v) is 4.89. The van der Waals surface area contributed by atoms with E-state index in [-0.39, 0.29) is 28.9 Å². The molecule has 0 aliphatic carbocycles. The molecule has 0 aliphatic rings. The van der Waals surface area contributed by atoms with Crippen LogP contribution in [-0.2, 0) is 22.9 Å². The van der Waals surface area contributed by atoms with E-state index in [1.807, 2.05) is 29.9 Å². The van der Waals surface area contributed by atoms with Gasteiger partial charge in [0.05, 0.1) is 18.0 Å². The number of hydrogen-bond acceptors (Lipinski definition) is 2. The molecule has 1 heterocycles. The standard InChI is InChI=1S/C13H17F2N2O2S.HI/c1-4-16-9(3)17(5-2)12-8-10(6-7-11(12)16)20(18,19)13(14)15;/h6-8,13H,4-5H2,1-3H3;1H/q+1;/p-1. The van der Waals surface area contributed by atoms with Crippen molar-refractivity contribution < 1.29 is 45.7 Å². The fourth-order valence-corrected chi connectivity index (χ4v) is 3.26. The molecule has 0 radical (unpaired) electrons. The summed E-state index contributed by atoms with van der Waals surface area (Å²) in [6, 6.07) is 4.17. The number of aromatic nitrogens is 2. The number of alkyl halides is 2. The van der Waals surface area contributed by atoms with Crippen LogP contribution in [0.2, 0.25) is 0 Å². The highest BCUT2D eigenvalue weighted by atomic mass is 127. The molecule has 0 bridgehead atoms. The predicted molar refractivity (Wildman–Crippen MR) is 71.4 cm³/mol. The summed E-state index contributed by atoms with van der Waals surface area (Å²) >= 11 is 0. The maximum Gasteiger partial charge on any atom is 0.341 e. The van der Waals surface area contributed by atoms with Crippen LogP contribution in [0.25, 0.3) is 11.0 Å². The lowest BCUT2D eigenvalue weighted by molar-refractivity contribution is -0.674. The number of imidazole rings is 1. The van der Waals surface area contributed by atoms with Crippen molar-refractivity contribution in [2.24, 2.45) is 0 Å². The molecule has 0 saturated heterocycles. The van der Waals surface area contributed by atoms with Gasteiger partial charge in [0, 0.05) is 13.0 Å². The molecule has 1 aromatic carbocycles. The van der Waals surface area contributed by atoms with Crippen LogP contribution in [0.5, 0.6) is 0 Å². The van der Waals surface area contributed by atoms with Crippen LogP contribution in [0, 0.1) is 6.92 Å².